The highest BCUT2D eigenvalue weighted by Gasteiger charge is 2.21. The van der Waals surface area contributed by atoms with Crippen LogP contribution in [0.5, 0.6) is 0 Å². The molecule has 2 nitrogen and oxygen atoms in total. The van der Waals surface area contributed by atoms with Crippen molar-refractivity contribution in [3.63, 3.8) is 0 Å². The van der Waals surface area contributed by atoms with Crippen LogP contribution in [-0.4, -0.2) is 13.3 Å². The van der Waals surface area contributed by atoms with Crippen molar-refractivity contribution in [2.24, 2.45) is 0 Å². The molecule has 1 aromatic rings. The fourth-order valence-corrected chi connectivity index (χ4v) is 2.80. The minimum absolute atomic E-state index is 0.549. The summed E-state index contributed by atoms with van der Waals surface area (Å²) in [6.07, 6.45) is 0.549. The number of hydrogen-bond donors (Lipinski definition) is 0. The van der Waals surface area contributed by atoms with Gasteiger partial charge in [-0.3, -0.25) is 4.57 Å². The molecule has 72 valence electrons. The first-order chi connectivity index (χ1) is 6.12. The second-order valence-corrected chi connectivity index (χ2v) is 5.87. The van der Waals surface area contributed by atoms with Crippen LogP contribution in [-0.2, 0) is 9.09 Å². The van der Waals surface area contributed by atoms with Crippen molar-refractivity contribution in [3.05, 3.63) is 29.8 Å². The van der Waals surface area contributed by atoms with Crippen LogP contribution in [0.4, 0.5) is 0 Å². The summed E-state index contributed by atoms with van der Waals surface area (Å²) >= 11 is 0. The van der Waals surface area contributed by atoms with Gasteiger partial charge in [0.2, 0.25) is 7.37 Å². The molecule has 0 aliphatic rings. The van der Waals surface area contributed by atoms with E-state index in [0.717, 1.165) is 10.9 Å². The molecule has 0 aliphatic carbocycles. The predicted octanol–water partition coefficient (Wildman–Crippen LogP) is 2.56. The number of aryl methyl sites for hydroxylation is 1. The van der Waals surface area contributed by atoms with E-state index in [1.54, 1.807) is 0 Å². The molecule has 0 bridgehead atoms. The van der Waals surface area contributed by atoms with E-state index in [1.165, 1.54) is 7.11 Å². The number of benzene rings is 1. The highest BCUT2D eigenvalue weighted by atomic mass is 31.2. The Balaban J connectivity index is 3.13. The average molecular weight is 198 g/mol. The van der Waals surface area contributed by atoms with Gasteiger partial charge in [0, 0.05) is 18.6 Å². The van der Waals surface area contributed by atoms with Crippen molar-refractivity contribution < 1.29 is 9.09 Å². The van der Waals surface area contributed by atoms with Crippen LogP contribution < -0.4 is 5.30 Å². The van der Waals surface area contributed by atoms with Gasteiger partial charge in [-0.15, -0.1) is 0 Å². The second-order valence-electron chi connectivity index (χ2n) is 3.01. The maximum atomic E-state index is 12.1. The minimum atomic E-state index is -2.56. The van der Waals surface area contributed by atoms with Gasteiger partial charge >= 0.3 is 0 Å². The smallest absolute Gasteiger partial charge is 0.231 e. The van der Waals surface area contributed by atoms with E-state index in [2.05, 4.69) is 0 Å². The minimum Gasteiger partial charge on any atom is -0.329 e. The Morgan fingerprint density at radius 1 is 1.46 bits per heavy atom. The van der Waals surface area contributed by atoms with Gasteiger partial charge in [0.25, 0.3) is 0 Å². The van der Waals surface area contributed by atoms with Crippen molar-refractivity contribution in [1.29, 1.82) is 0 Å². The number of hydrogen-bond acceptors (Lipinski definition) is 2. The van der Waals surface area contributed by atoms with Crippen LogP contribution in [0, 0.1) is 6.92 Å². The highest BCUT2D eigenvalue weighted by Crippen LogP contribution is 2.44. The molecule has 0 saturated heterocycles. The summed E-state index contributed by atoms with van der Waals surface area (Å²) in [6, 6.07) is 7.68. The number of rotatable bonds is 3. The van der Waals surface area contributed by atoms with Crippen LogP contribution in [0.1, 0.15) is 12.5 Å². The molecule has 1 atom stereocenters. The molecule has 0 spiro atoms. The summed E-state index contributed by atoms with van der Waals surface area (Å²) < 4.78 is 17.2. The zero-order chi connectivity index (χ0) is 9.90. The summed E-state index contributed by atoms with van der Waals surface area (Å²) in [4.78, 5) is 0. The lowest BCUT2D eigenvalue weighted by atomic mass is 10.2. The Kier molecular flexibility index (Phi) is 3.29. The van der Waals surface area contributed by atoms with Gasteiger partial charge < -0.3 is 4.52 Å². The molecule has 1 unspecified atom stereocenters. The van der Waals surface area contributed by atoms with Gasteiger partial charge in [-0.1, -0.05) is 24.6 Å². The monoisotopic (exact) mass is 198 g/mol. The molecule has 0 N–H and O–H groups in total. The Labute approximate surface area is 79.4 Å². The van der Waals surface area contributed by atoms with E-state index in [0.29, 0.717) is 6.16 Å². The lowest BCUT2D eigenvalue weighted by Gasteiger charge is -2.14. The zero-order valence-electron chi connectivity index (χ0n) is 8.28. The Morgan fingerprint density at radius 3 is 2.62 bits per heavy atom. The first kappa shape index (κ1) is 10.5. The molecule has 0 aliphatic heterocycles. The van der Waals surface area contributed by atoms with Gasteiger partial charge in [-0.05, 0) is 19.1 Å². The molecule has 1 rings (SSSR count). The second kappa shape index (κ2) is 4.08. The molecule has 0 saturated carbocycles. The van der Waals surface area contributed by atoms with Gasteiger partial charge in [0.15, 0.2) is 0 Å². The summed E-state index contributed by atoms with van der Waals surface area (Å²) in [5.74, 6) is 0. The van der Waals surface area contributed by atoms with Crippen molar-refractivity contribution in [3.8, 4) is 0 Å². The fourth-order valence-electron chi connectivity index (χ4n) is 1.26. The summed E-state index contributed by atoms with van der Waals surface area (Å²) in [6.45, 7) is 3.87. The van der Waals surface area contributed by atoms with Crippen LogP contribution in [0.2, 0.25) is 0 Å². The van der Waals surface area contributed by atoms with Crippen molar-refractivity contribution >= 4 is 12.7 Å². The molecule has 3 heteroatoms. The maximum absolute atomic E-state index is 12.1. The topological polar surface area (TPSA) is 26.3 Å². The highest BCUT2D eigenvalue weighted by molar-refractivity contribution is 7.66. The van der Waals surface area contributed by atoms with Gasteiger partial charge in [0.05, 0.1) is 0 Å². The Morgan fingerprint density at radius 2 is 2.15 bits per heavy atom. The molecule has 13 heavy (non-hydrogen) atoms. The van der Waals surface area contributed by atoms with E-state index >= 15 is 0 Å². The Hall–Kier alpha value is -0.590. The molecule has 0 aromatic heterocycles. The molecular weight excluding hydrogens is 183 g/mol. The van der Waals surface area contributed by atoms with Gasteiger partial charge in [0.1, 0.15) is 0 Å². The van der Waals surface area contributed by atoms with Gasteiger partial charge in [-0.25, -0.2) is 0 Å². The molecule has 0 heterocycles. The molecular formula is C10H15O2P. The van der Waals surface area contributed by atoms with E-state index in [-0.39, 0.29) is 0 Å². The SMILES string of the molecule is CCP(=O)(OC)c1cccc(C)c1. The van der Waals surface area contributed by atoms with Crippen LogP contribution >= 0.6 is 7.37 Å². The summed E-state index contributed by atoms with van der Waals surface area (Å²) in [5, 5.41) is 0.817. The van der Waals surface area contributed by atoms with Crippen molar-refractivity contribution in [2.75, 3.05) is 13.3 Å². The lowest BCUT2D eigenvalue weighted by Crippen LogP contribution is -2.08. The summed E-state index contributed by atoms with van der Waals surface area (Å²) in [7, 11) is -1.05. The third-order valence-corrected chi connectivity index (χ3v) is 4.59. The predicted molar refractivity (Wildman–Crippen MR) is 56.0 cm³/mol. The molecule has 1 aromatic carbocycles. The quantitative estimate of drug-likeness (QED) is 0.698. The largest absolute Gasteiger partial charge is 0.329 e. The van der Waals surface area contributed by atoms with Crippen LogP contribution in [0.25, 0.3) is 0 Å². The average Bonchev–Trinajstić information content (AvgIpc) is 2.17. The van der Waals surface area contributed by atoms with Crippen molar-refractivity contribution in [2.45, 2.75) is 13.8 Å². The van der Waals surface area contributed by atoms with Gasteiger partial charge in [-0.2, -0.15) is 0 Å². The third-order valence-electron chi connectivity index (χ3n) is 2.11. The normalized spacial score (nSPS) is 15.3. The van der Waals surface area contributed by atoms with E-state index in [9.17, 15) is 4.57 Å². The van der Waals surface area contributed by atoms with E-state index in [1.807, 2.05) is 38.1 Å². The third kappa shape index (κ3) is 2.20. The molecule has 0 radical (unpaired) electrons. The molecule has 0 fully saturated rings. The van der Waals surface area contributed by atoms with E-state index in [4.69, 9.17) is 4.52 Å². The van der Waals surface area contributed by atoms with Crippen LogP contribution in [0.15, 0.2) is 24.3 Å². The Bertz CT molecular complexity index is 325. The van der Waals surface area contributed by atoms with Crippen LogP contribution in [0.3, 0.4) is 0 Å². The lowest BCUT2D eigenvalue weighted by molar-refractivity contribution is 0.404. The van der Waals surface area contributed by atoms with Crippen molar-refractivity contribution in [1.82, 2.24) is 0 Å². The maximum Gasteiger partial charge on any atom is 0.231 e. The first-order valence-corrected chi connectivity index (χ1v) is 6.15. The first-order valence-electron chi connectivity index (χ1n) is 4.34. The summed E-state index contributed by atoms with van der Waals surface area (Å²) in [5.41, 5.74) is 1.11. The zero-order valence-corrected chi connectivity index (χ0v) is 9.17. The molecule has 0 amide bonds. The van der Waals surface area contributed by atoms with E-state index < -0.39 is 7.37 Å². The fraction of sp³-hybridized carbons (Fsp3) is 0.400. The standard InChI is InChI=1S/C10H15O2P/c1-4-13(11,12-3)10-7-5-6-9(2)8-10/h5-8H,4H2,1-3H3.